The van der Waals surface area contributed by atoms with Gasteiger partial charge in [0.1, 0.15) is 24.3 Å². The molecule has 15 nitrogen and oxygen atoms in total. The summed E-state index contributed by atoms with van der Waals surface area (Å²) in [6.45, 7) is 6.03. The Morgan fingerprint density at radius 3 is 1.96 bits per heavy atom. The minimum atomic E-state index is -0.457. The number of esters is 2. The molecule has 254 valence electrons. The van der Waals surface area contributed by atoms with Crippen molar-refractivity contribution in [3.63, 3.8) is 0 Å². The van der Waals surface area contributed by atoms with Crippen molar-refractivity contribution in [2.75, 3.05) is 13.2 Å². The number of carbonyl (C=O) groups excluding carboxylic acids is 4. The number of nitrogens with two attached hydrogens (primary N) is 1. The Morgan fingerprint density at radius 2 is 1.48 bits per heavy atom. The lowest BCUT2D eigenvalue weighted by atomic mass is 9.93. The van der Waals surface area contributed by atoms with Crippen molar-refractivity contribution in [2.24, 2.45) is 10.9 Å². The van der Waals surface area contributed by atoms with Crippen LogP contribution in [-0.2, 0) is 54.1 Å². The van der Waals surface area contributed by atoms with E-state index in [0.717, 1.165) is 54.4 Å². The van der Waals surface area contributed by atoms with Gasteiger partial charge in [-0.05, 0) is 60.1 Å². The van der Waals surface area contributed by atoms with Crippen molar-refractivity contribution in [3.05, 3.63) is 70.1 Å². The van der Waals surface area contributed by atoms with E-state index in [0.29, 0.717) is 30.5 Å². The number of aromatic nitrogens is 2. The number of fused-ring (bicyclic) bond motifs is 4. The van der Waals surface area contributed by atoms with E-state index >= 15 is 0 Å². The average molecular weight is 663 g/mol. The summed E-state index contributed by atoms with van der Waals surface area (Å²) in [6, 6.07) is 11.7. The van der Waals surface area contributed by atoms with E-state index in [4.69, 9.17) is 24.9 Å². The first kappa shape index (κ1) is 33.9. The van der Waals surface area contributed by atoms with Gasteiger partial charge in [-0.1, -0.05) is 55.3 Å². The van der Waals surface area contributed by atoms with Crippen molar-refractivity contribution < 1.29 is 43.1 Å². The predicted molar refractivity (Wildman–Crippen MR) is 169 cm³/mol. The summed E-state index contributed by atoms with van der Waals surface area (Å²) in [7, 11) is 0. The first-order valence-corrected chi connectivity index (χ1v) is 15.8. The monoisotopic (exact) mass is 662 g/mol. The van der Waals surface area contributed by atoms with Crippen molar-refractivity contribution >= 4 is 30.0 Å². The van der Waals surface area contributed by atoms with E-state index in [2.05, 4.69) is 36.7 Å². The summed E-state index contributed by atoms with van der Waals surface area (Å²) in [5.74, 6) is 0.426. The lowest BCUT2D eigenvalue weighted by Crippen LogP contribution is -2.38. The maximum Gasteiger partial charge on any atom is 0.408 e. The maximum absolute atomic E-state index is 11.4. The van der Waals surface area contributed by atoms with Gasteiger partial charge in [0, 0.05) is 30.4 Å². The number of amides is 2. The molecule has 2 amide bonds. The van der Waals surface area contributed by atoms with Gasteiger partial charge in [-0.15, -0.1) is 0 Å². The molecule has 2 aromatic carbocycles. The van der Waals surface area contributed by atoms with Gasteiger partial charge in [0.25, 0.3) is 0 Å². The molecule has 2 fully saturated rings. The standard InChI is InChI=1S/C15H15N3O3.C12H13N3O3.C6H10O3/c1-2-12-16-13(18-21-12)10-3-4-11-9(7-10)5-6-15(11)8-20-14(19)17-15;13-10(15-17)8-1-2-9-7(5-8)3-4-12(9)6-18-11(16)14-12;1-3-5(7)9-6(8)4-2/h3-4,7H,2,5-6,8H2,1H3,(H,17,19);1-2,5,17H,3-4,6H2,(H2,13,15)(H,14,16);3-4H2,1-2H3. The minimum Gasteiger partial charge on any atom is -0.447 e. The van der Waals surface area contributed by atoms with E-state index in [9.17, 15) is 19.2 Å². The lowest BCUT2D eigenvalue weighted by molar-refractivity contribution is -0.159. The Labute approximate surface area is 276 Å². The first-order valence-electron chi connectivity index (χ1n) is 15.8. The van der Waals surface area contributed by atoms with Gasteiger partial charge in [-0.2, -0.15) is 4.98 Å². The second kappa shape index (κ2) is 14.1. The van der Waals surface area contributed by atoms with Crippen LogP contribution in [0, 0.1) is 0 Å². The summed E-state index contributed by atoms with van der Waals surface area (Å²) in [5.41, 5.74) is 10.9. The molecule has 4 aliphatic rings. The SMILES string of the molecule is CCC(=O)OC(=O)CC.CCc1nc(-c2ccc3c(c2)CCC32COC(=O)N2)no1.NC(=NO)c1ccc2c(c1)CCC21COC(=O)N1. The molecular weight excluding hydrogens is 624 g/mol. The van der Waals surface area contributed by atoms with Crippen LogP contribution in [0.3, 0.4) is 0 Å². The molecule has 48 heavy (non-hydrogen) atoms. The van der Waals surface area contributed by atoms with E-state index in [1.54, 1.807) is 19.9 Å². The Kier molecular flexibility index (Phi) is 9.96. The fourth-order valence-corrected chi connectivity index (χ4v) is 6.12. The number of rotatable bonds is 5. The zero-order valence-electron chi connectivity index (χ0n) is 27.0. The molecule has 5 N–H and O–H groups in total. The third-order valence-electron chi connectivity index (χ3n) is 8.70. The molecule has 0 radical (unpaired) electrons. The fourth-order valence-electron chi connectivity index (χ4n) is 6.12. The Bertz CT molecular complexity index is 1740. The number of alkyl carbamates (subject to hydrolysis) is 2. The fraction of sp³-hybridized carbons (Fsp3) is 0.424. The minimum absolute atomic E-state index is 0.0884. The van der Waals surface area contributed by atoms with Crippen LogP contribution in [0.5, 0.6) is 0 Å². The Morgan fingerprint density at radius 1 is 0.917 bits per heavy atom. The molecule has 7 rings (SSSR count). The van der Waals surface area contributed by atoms with E-state index < -0.39 is 17.5 Å². The molecule has 2 unspecified atom stereocenters. The highest BCUT2D eigenvalue weighted by atomic mass is 16.6. The van der Waals surface area contributed by atoms with Gasteiger partial charge in [-0.3, -0.25) is 9.59 Å². The number of nitrogens with zero attached hydrogens (tertiary/aromatic N) is 3. The number of nitrogens with one attached hydrogen (secondary N) is 2. The quantitative estimate of drug-likeness (QED) is 0.0585. The van der Waals surface area contributed by atoms with Crippen molar-refractivity contribution in [1.29, 1.82) is 0 Å². The molecule has 2 atom stereocenters. The second-order valence-electron chi connectivity index (χ2n) is 11.7. The van der Waals surface area contributed by atoms with Crippen molar-refractivity contribution in [3.8, 4) is 11.4 Å². The van der Waals surface area contributed by atoms with Crippen LogP contribution in [0.4, 0.5) is 9.59 Å². The largest absolute Gasteiger partial charge is 0.447 e. The number of carbonyl (C=O) groups is 4. The first-order chi connectivity index (χ1) is 23.0. The molecule has 1 aromatic heterocycles. The van der Waals surface area contributed by atoms with Gasteiger partial charge in [0.05, 0.1) is 0 Å². The Hall–Kier alpha value is -5.47. The van der Waals surface area contributed by atoms with Crippen LogP contribution in [0.1, 0.15) is 80.2 Å². The number of amidine groups is 1. The highest BCUT2D eigenvalue weighted by Gasteiger charge is 2.46. The van der Waals surface area contributed by atoms with Crippen molar-refractivity contribution in [1.82, 2.24) is 20.8 Å². The molecule has 0 bridgehead atoms. The number of hydrogen-bond donors (Lipinski definition) is 4. The van der Waals surface area contributed by atoms with Crippen LogP contribution in [0.15, 0.2) is 46.1 Å². The van der Waals surface area contributed by atoms with Gasteiger partial charge in [-0.25, -0.2) is 9.59 Å². The third kappa shape index (κ3) is 6.94. The topological polar surface area (TPSA) is 218 Å². The summed E-state index contributed by atoms with van der Waals surface area (Å²) in [6.07, 6.45) is 3.96. The number of benzene rings is 2. The predicted octanol–water partition coefficient (Wildman–Crippen LogP) is 3.72. The highest BCUT2D eigenvalue weighted by molar-refractivity contribution is 5.97. The van der Waals surface area contributed by atoms with E-state index in [1.807, 2.05) is 31.2 Å². The van der Waals surface area contributed by atoms with Gasteiger partial charge < -0.3 is 40.3 Å². The number of ether oxygens (including phenoxy) is 3. The molecule has 2 aliphatic carbocycles. The van der Waals surface area contributed by atoms with E-state index in [1.165, 1.54) is 5.56 Å². The number of aryl methyl sites for hydroxylation is 3. The van der Waals surface area contributed by atoms with Gasteiger partial charge >= 0.3 is 24.1 Å². The van der Waals surface area contributed by atoms with Gasteiger partial charge in [0.15, 0.2) is 5.84 Å². The molecule has 2 saturated heterocycles. The molecule has 0 saturated carbocycles. The molecule has 15 heteroatoms. The second-order valence-corrected chi connectivity index (χ2v) is 11.7. The zero-order valence-corrected chi connectivity index (χ0v) is 27.0. The van der Waals surface area contributed by atoms with Crippen LogP contribution in [0.2, 0.25) is 0 Å². The van der Waals surface area contributed by atoms with Gasteiger partial charge in [0.2, 0.25) is 11.7 Å². The van der Waals surface area contributed by atoms with Crippen LogP contribution in [-0.4, -0.2) is 58.5 Å². The molecule has 3 heterocycles. The number of hydrogen-bond acceptors (Lipinski definition) is 12. The summed E-state index contributed by atoms with van der Waals surface area (Å²) in [4.78, 5) is 47.6. The zero-order chi connectivity index (χ0) is 34.5. The van der Waals surface area contributed by atoms with Crippen LogP contribution < -0.4 is 16.4 Å². The molecule has 2 aliphatic heterocycles. The van der Waals surface area contributed by atoms with Crippen molar-refractivity contribution in [2.45, 2.75) is 76.8 Å². The van der Waals surface area contributed by atoms with Crippen LogP contribution in [0.25, 0.3) is 11.4 Å². The lowest BCUT2D eigenvalue weighted by Gasteiger charge is -2.21. The average Bonchev–Trinajstić information content (AvgIpc) is 3.94. The summed E-state index contributed by atoms with van der Waals surface area (Å²) in [5, 5.41) is 21.5. The number of cyclic esters (lactones) is 2. The third-order valence-corrected chi connectivity index (χ3v) is 8.70. The highest BCUT2D eigenvalue weighted by Crippen LogP contribution is 2.41. The number of oxime groups is 1. The normalized spacial score (nSPS) is 21.5. The summed E-state index contributed by atoms with van der Waals surface area (Å²) < 4.78 is 19.5. The molecule has 2 spiro atoms. The van der Waals surface area contributed by atoms with Crippen LogP contribution >= 0.6 is 0 Å². The maximum atomic E-state index is 11.4. The molecule has 3 aromatic rings. The summed E-state index contributed by atoms with van der Waals surface area (Å²) >= 11 is 0. The smallest absolute Gasteiger partial charge is 0.408 e. The van der Waals surface area contributed by atoms with E-state index in [-0.39, 0.29) is 36.4 Å². The Balaban J connectivity index is 0.000000153. The molecular formula is C33H38N6O9.